The van der Waals surface area contributed by atoms with E-state index in [9.17, 15) is 8.42 Å². The summed E-state index contributed by atoms with van der Waals surface area (Å²) in [5.74, 6) is 0. The Bertz CT molecular complexity index is 723. The number of benzene rings is 1. The van der Waals surface area contributed by atoms with E-state index in [0.717, 1.165) is 32.5 Å². The first kappa shape index (κ1) is 16.7. The third-order valence-corrected chi connectivity index (χ3v) is 6.92. The van der Waals surface area contributed by atoms with Gasteiger partial charge < -0.3 is 4.90 Å². The maximum absolute atomic E-state index is 12.9. The van der Waals surface area contributed by atoms with Crippen LogP contribution in [0.3, 0.4) is 0 Å². The molecule has 0 aromatic heterocycles. The normalized spacial score (nSPS) is 23.2. The van der Waals surface area contributed by atoms with Crippen LogP contribution in [0.25, 0.3) is 0 Å². The molecule has 3 rings (SSSR count). The van der Waals surface area contributed by atoms with Crippen LogP contribution < -0.4 is 0 Å². The topological polar surface area (TPSA) is 64.4 Å². The van der Waals surface area contributed by atoms with Crippen molar-refractivity contribution >= 4 is 21.6 Å². The monoisotopic (exact) mass is 353 g/mol. The lowest BCUT2D eigenvalue weighted by molar-refractivity contribution is 0.257. The van der Waals surface area contributed by atoms with Crippen LogP contribution in [0.1, 0.15) is 31.2 Å². The van der Waals surface area contributed by atoms with Gasteiger partial charge in [-0.2, -0.15) is 9.57 Å². The highest BCUT2D eigenvalue weighted by Crippen LogP contribution is 2.29. The molecule has 0 spiro atoms. The van der Waals surface area contributed by atoms with Crippen LogP contribution in [0.2, 0.25) is 5.02 Å². The molecule has 0 saturated carbocycles. The summed E-state index contributed by atoms with van der Waals surface area (Å²) < 4.78 is 27.5. The van der Waals surface area contributed by atoms with Crippen LogP contribution in [-0.2, 0) is 10.0 Å². The summed E-state index contributed by atoms with van der Waals surface area (Å²) in [6, 6.07) is 6.33. The fourth-order valence-electron chi connectivity index (χ4n) is 3.45. The van der Waals surface area contributed by atoms with E-state index < -0.39 is 10.0 Å². The van der Waals surface area contributed by atoms with Gasteiger partial charge in [0.05, 0.1) is 15.5 Å². The van der Waals surface area contributed by atoms with E-state index in [-0.39, 0.29) is 16.0 Å². The molecule has 23 heavy (non-hydrogen) atoms. The minimum absolute atomic E-state index is 0.0347. The van der Waals surface area contributed by atoms with Gasteiger partial charge in [-0.25, -0.2) is 8.42 Å². The van der Waals surface area contributed by atoms with E-state index in [0.29, 0.717) is 12.1 Å². The number of likely N-dealkylation sites (tertiary alicyclic amines) is 1. The summed E-state index contributed by atoms with van der Waals surface area (Å²) in [7, 11) is -3.56. The molecule has 0 amide bonds. The van der Waals surface area contributed by atoms with Gasteiger partial charge in [-0.1, -0.05) is 11.6 Å². The van der Waals surface area contributed by atoms with Crippen molar-refractivity contribution in [3.05, 3.63) is 28.8 Å². The Morgan fingerprint density at radius 1 is 1.22 bits per heavy atom. The molecular formula is C16H20ClN3O2S. The van der Waals surface area contributed by atoms with Gasteiger partial charge >= 0.3 is 0 Å². The third kappa shape index (κ3) is 3.38. The minimum Gasteiger partial charge on any atom is -0.302 e. The smallest absolute Gasteiger partial charge is 0.243 e. The molecule has 1 aromatic carbocycles. The number of hydrogen-bond donors (Lipinski definition) is 0. The van der Waals surface area contributed by atoms with Crippen molar-refractivity contribution in [2.75, 3.05) is 26.2 Å². The van der Waals surface area contributed by atoms with Gasteiger partial charge in [-0.3, -0.25) is 0 Å². The van der Waals surface area contributed by atoms with Gasteiger partial charge in [0.2, 0.25) is 10.0 Å². The molecule has 0 bridgehead atoms. The molecule has 0 N–H and O–H groups in total. The van der Waals surface area contributed by atoms with Crippen LogP contribution in [0.5, 0.6) is 0 Å². The predicted molar refractivity (Wildman–Crippen MR) is 88.8 cm³/mol. The molecule has 0 unspecified atom stereocenters. The molecule has 5 nitrogen and oxygen atoms in total. The number of hydrogen-bond acceptors (Lipinski definition) is 4. The fourth-order valence-corrected chi connectivity index (χ4v) is 5.45. The average molecular weight is 354 g/mol. The lowest BCUT2D eigenvalue weighted by Gasteiger charge is -2.28. The molecule has 1 atom stereocenters. The van der Waals surface area contributed by atoms with Crippen LogP contribution in [-0.4, -0.2) is 49.8 Å². The molecule has 124 valence electrons. The summed E-state index contributed by atoms with van der Waals surface area (Å²) in [4.78, 5) is 2.53. The van der Waals surface area contributed by atoms with Crippen molar-refractivity contribution in [2.24, 2.45) is 0 Å². The van der Waals surface area contributed by atoms with E-state index in [1.807, 2.05) is 6.07 Å². The number of sulfonamides is 1. The lowest BCUT2D eigenvalue weighted by Crippen LogP contribution is -2.42. The number of rotatable bonds is 4. The molecule has 2 aliphatic rings. The zero-order valence-electron chi connectivity index (χ0n) is 12.9. The molecular weight excluding hydrogens is 334 g/mol. The molecule has 2 saturated heterocycles. The van der Waals surface area contributed by atoms with E-state index in [4.69, 9.17) is 16.9 Å². The average Bonchev–Trinajstić information content (AvgIpc) is 3.19. The SMILES string of the molecule is N#Cc1ccc(S(=O)(=O)N2CCC[C@@H]2CN2CCCC2)cc1Cl. The number of halogens is 1. The Hall–Kier alpha value is -1.13. The minimum atomic E-state index is -3.56. The lowest BCUT2D eigenvalue weighted by atomic mass is 10.2. The van der Waals surface area contributed by atoms with E-state index in [2.05, 4.69) is 4.90 Å². The second-order valence-electron chi connectivity index (χ2n) is 6.17. The Labute approximate surface area is 142 Å². The van der Waals surface area contributed by atoms with Crippen molar-refractivity contribution in [1.29, 1.82) is 5.26 Å². The maximum atomic E-state index is 12.9. The molecule has 0 radical (unpaired) electrons. The van der Waals surface area contributed by atoms with Crippen molar-refractivity contribution in [2.45, 2.75) is 36.6 Å². The van der Waals surface area contributed by atoms with Crippen molar-refractivity contribution in [3.8, 4) is 6.07 Å². The standard InChI is InChI=1S/C16H20ClN3O2S/c17-16-10-15(6-5-13(16)11-18)23(21,22)20-9-3-4-14(20)12-19-7-1-2-8-19/h5-6,10,14H,1-4,7-9,12H2/t14-/m1/s1. The highest BCUT2D eigenvalue weighted by molar-refractivity contribution is 7.89. The first-order chi connectivity index (χ1) is 11.0. The van der Waals surface area contributed by atoms with Gasteiger partial charge in [0, 0.05) is 19.1 Å². The third-order valence-electron chi connectivity index (χ3n) is 4.66. The fraction of sp³-hybridized carbons (Fsp3) is 0.562. The number of nitriles is 1. The Kier molecular flexibility index (Phi) is 4.93. The molecule has 0 aliphatic carbocycles. The highest BCUT2D eigenvalue weighted by Gasteiger charge is 2.36. The quantitative estimate of drug-likeness (QED) is 0.834. The largest absolute Gasteiger partial charge is 0.302 e. The van der Waals surface area contributed by atoms with Gasteiger partial charge in [-0.15, -0.1) is 0 Å². The predicted octanol–water partition coefficient (Wildman–Crippen LogP) is 2.46. The van der Waals surface area contributed by atoms with Crippen molar-refractivity contribution in [3.63, 3.8) is 0 Å². The molecule has 2 aliphatic heterocycles. The Morgan fingerprint density at radius 2 is 1.96 bits per heavy atom. The summed E-state index contributed by atoms with van der Waals surface area (Å²) in [6.45, 7) is 3.49. The van der Waals surface area contributed by atoms with Gasteiger partial charge in [-0.05, 0) is 57.0 Å². The van der Waals surface area contributed by atoms with Crippen molar-refractivity contribution < 1.29 is 8.42 Å². The Balaban J connectivity index is 1.83. The highest BCUT2D eigenvalue weighted by atomic mass is 35.5. The molecule has 1 aromatic rings. The van der Waals surface area contributed by atoms with Gasteiger partial charge in [0.25, 0.3) is 0 Å². The maximum Gasteiger partial charge on any atom is 0.243 e. The Morgan fingerprint density at radius 3 is 2.61 bits per heavy atom. The summed E-state index contributed by atoms with van der Waals surface area (Å²) in [5.41, 5.74) is 0.292. The molecule has 7 heteroatoms. The van der Waals surface area contributed by atoms with Crippen LogP contribution in [0.4, 0.5) is 0 Å². The first-order valence-electron chi connectivity index (χ1n) is 7.96. The van der Waals surface area contributed by atoms with Gasteiger partial charge in [0.1, 0.15) is 6.07 Å². The van der Waals surface area contributed by atoms with Crippen molar-refractivity contribution in [1.82, 2.24) is 9.21 Å². The second kappa shape index (κ2) is 6.78. The zero-order valence-corrected chi connectivity index (χ0v) is 14.5. The summed E-state index contributed by atoms with van der Waals surface area (Å²) in [6.07, 6.45) is 4.19. The van der Waals surface area contributed by atoms with Crippen LogP contribution >= 0.6 is 11.6 Å². The van der Waals surface area contributed by atoms with Crippen LogP contribution in [0.15, 0.2) is 23.1 Å². The van der Waals surface area contributed by atoms with E-state index in [1.54, 1.807) is 4.31 Å². The molecule has 2 heterocycles. The number of nitrogens with zero attached hydrogens (tertiary/aromatic N) is 3. The zero-order chi connectivity index (χ0) is 16.4. The summed E-state index contributed by atoms with van der Waals surface area (Å²) in [5, 5.41) is 9.11. The second-order valence-corrected chi connectivity index (χ2v) is 8.47. The van der Waals surface area contributed by atoms with E-state index >= 15 is 0 Å². The first-order valence-corrected chi connectivity index (χ1v) is 9.78. The van der Waals surface area contributed by atoms with Gasteiger partial charge in [0.15, 0.2) is 0 Å². The van der Waals surface area contributed by atoms with Crippen LogP contribution in [0, 0.1) is 11.3 Å². The molecule has 2 fully saturated rings. The summed E-state index contributed by atoms with van der Waals surface area (Å²) >= 11 is 6.00. The van der Waals surface area contributed by atoms with E-state index in [1.165, 1.54) is 31.0 Å².